The average molecular weight is 396 g/mol. The summed E-state index contributed by atoms with van der Waals surface area (Å²) in [5, 5.41) is 21.1. The van der Waals surface area contributed by atoms with Gasteiger partial charge in [-0.25, -0.2) is 10.0 Å². The van der Waals surface area contributed by atoms with Crippen LogP contribution in [-0.4, -0.2) is 38.2 Å². The van der Waals surface area contributed by atoms with Gasteiger partial charge in [0.05, 0.1) is 6.10 Å². The van der Waals surface area contributed by atoms with Crippen LogP contribution in [0.3, 0.4) is 0 Å². The van der Waals surface area contributed by atoms with Crippen molar-refractivity contribution in [1.29, 1.82) is 0 Å². The van der Waals surface area contributed by atoms with E-state index in [0.29, 0.717) is 6.54 Å². The van der Waals surface area contributed by atoms with E-state index in [2.05, 4.69) is 9.84 Å². The Bertz CT molecular complexity index is 803. The zero-order valence-corrected chi connectivity index (χ0v) is 15.3. The van der Waals surface area contributed by atoms with E-state index in [0.717, 1.165) is 16.7 Å². The number of rotatable bonds is 8. The van der Waals surface area contributed by atoms with Crippen molar-refractivity contribution >= 4 is 13.7 Å². The minimum atomic E-state index is -4.58. The normalized spacial score (nSPS) is 13.7. The molecule has 0 fully saturated rings. The fourth-order valence-electron chi connectivity index (χ4n) is 2.44. The fraction of sp³-hybridized carbons (Fsp3) is 0.235. The number of carbonyl (C=O) groups is 1. The maximum absolute atomic E-state index is 11.5. The van der Waals surface area contributed by atoms with Crippen LogP contribution in [0.5, 0.6) is 5.75 Å². The Hall–Kier alpha value is -2.26. The summed E-state index contributed by atoms with van der Waals surface area (Å²) >= 11 is 0. The van der Waals surface area contributed by atoms with Crippen molar-refractivity contribution in [3.63, 3.8) is 0 Å². The van der Waals surface area contributed by atoms with Gasteiger partial charge in [0, 0.05) is 6.54 Å². The molecule has 0 aliphatic rings. The maximum atomic E-state index is 11.5. The molecule has 146 valence electrons. The fourth-order valence-corrected chi connectivity index (χ4v) is 2.84. The van der Waals surface area contributed by atoms with Crippen LogP contribution in [0.2, 0.25) is 0 Å². The van der Waals surface area contributed by atoms with Crippen molar-refractivity contribution in [2.45, 2.75) is 25.6 Å². The number of aliphatic hydroxyl groups is 1. The second-order valence-corrected chi connectivity index (χ2v) is 7.04. The summed E-state index contributed by atoms with van der Waals surface area (Å²) in [5.74, 6) is -0.654. The van der Waals surface area contributed by atoms with E-state index in [9.17, 15) is 14.5 Å². The SMILES string of the molecule is C[C@@H](O)[C@H](NCc1ccc(-c2ccc(OP(=O)(O)O)cc2)cc1)C(=O)NO. The maximum Gasteiger partial charge on any atom is 0.524 e. The molecule has 2 atom stereocenters. The largest absolute Gasteiger partial charge is 0.524 e. The average Bonchev–Trinajstić information content (AvgIpc) is 2.61. The first-order chi connectivity index (χ1) is 12.7. The van der Waals surface area contributed by atoms with Gasteiger partial charge in [-0.2, -0.15) is 0 Å². The Labute approximate surface area is 155 Å². The zero-order chi connectivity index (χ0) is 20.0. The van der Waals surface area contributed by atoms with E-state index in [1.807, 2.05) is 24.3 Å². The minimum absolute atomic E-state index is 0.0687. The Kier molecular flexibility index (Phi) is 7.09. The molecule has 0 unspecified atom stereocenters. The van der Waals surface area contributed by atoms with Gasteiger partial charge in [-0.05, 0) is 35.7 Å². The second kappa shape index (κ2) is 9.09. The number of aliphatic hydroxyl groups excluding tert-OH is 1. The van der Waals surface area contributed by atoms with Crippen molar-refractivity contribution in [3.05, 3.63) is 54.1 Å². The first-order valence-corrected chi connectivity index (χ1v) is 9.52. The predicted molar refractivity (Wildman–Crippen MR) is 96.8 cm³/mol. The van der Waals surface area contributed by atoms with Gasteiger partial charge >= 0.3 is 7.82 Å². The lowest BCUT2D eigenvalue weighted by Crippen LogP contribution is -2.49. The highest BCUT2D eigenvalue weighted by Gasteiger charge is 2.22. The molecule has 10 heteroatoms. The highest BCUT2D eigenvalue weighted by molar-refractivity contribution is 7.46. The third-order valence-electron chi connectivity index (χ3n) is 3.77. The summed E-state index contributed by atoms with van der Waals surface area (Å²) < 4.78 is 15.3. The molecule has 0 saturated carbocycles. The first-order valence-electron chi connectivity index (χ1n) is 7.99. The predicted octanol–water partition coefficient (Wildman–Crippen LogP) is 1.17. The quantitative estimate of drug-likeness (QED) is 0.221. The van der Waals surface area contributed by atoms with Gasteiger partial charge < -0.3 is 9.63 Å². The lowest BCUT2D eigenvalue weighted by atomic mass is 10.0. The van der Waals surface area contributed by atoms with Gasteiger partial charge in [-0.1, -0.05) is 36.4 Å². The molecule has 0 aliphatic carbocycles. The number of amides is 1. The van der Waals surface area contributed by atoms with Gasteiger partial charge in [0.15, 0.2) is 0 Å². The molecule has 0 bridgehead atoms. The molecule has 2 aromatic rings. The van der Waals surface area contributed by atoms with E-state index in [1.54, 1.807) is 12.1 Å². The summed E-state index contributed by atoms with van der Waals surface area (Å²) in [7, 11) is -4.58. The minimum Gasteiger partial charge on any atom is -0.404 e. The molecule has 0 aliphatic heterocycles. The van der Waals surface area contributed by atoms with Crippen LogP contribution in [0.15, 0.2) is 48.5 Å². The van der Waals surface area contributed by atoms with Gasteiger partial charge in [0.1, 0.15) is 11.8 Å². The molecule has 27 heavy (non-hydrogen) atoms. The number of hydrogen-bond acceptors (Lipinski definition) is 6. The number of benzene rings is 2. The zero-order valence-electron chi connectivity index (χ0n) is 14.4. The first kappa shape index (κ1) is 21.0. The molecule has 9 nitrogen and oxygen atoms in total. The van der Waals surface area contributed by atoms with Crippen molar-refractivity contribution in [1.82, 2.24) is 10.8 Å². The van der Waals surface area contributed by atoms with Gasteiger partial charge in [-0.3, -0.25) is 25.1 Å². The van der Waals surface area contributed by atoms with E-state index < -0.39 is 25.9 Å². The Morgan fingerprint density at radius 1 is 1.07 bits per heavy atom. The van der Waals surface area contributed by atoms with Crippen LogP contribution < -0.4 is 15.3 Å². The highest BCUT2D eigenvalue weighted by Crippen LogP contribution is 2.37. The monoisotopic (exact) mass is 396 g/mol. The number of hydrogen-bond donors (Lipinski definition) is 6. The molecule has 2 aromatic carbocycles. The molecule has 2 rings (SSSR count). The molecular weight excluding hydrogens is 375 g/mol. The van der Waals surface area contributed by atoms with Crippen LogP contribution in [-0.2, 0) is 15.9 Å². The Morgan fingerprint density at radius 2 is 1.59 bits per heavy atom. The number of phosphoric ester groups is 1. The number of carbonyl (C=O) groups excluding carboxylic acids is 1. The van der Waals surface area contributed by atoms with Gasteiger partial charge in [0.25, 0.3) is 5.91 Å². The van der Waals surface area contributed by atoms with Crippen molar-refractivity contribution in [3.8, 4) is 16.9 Å². The van der Waals surface area contributed by atoms with Crippen LogP contribution in [0.25, 0.3) is 11.1 Å². The number of nitrogens with one attached hydrogen (secondary N) is 2. The van der Waals surface area contributed by atoms with E-state index in [-0.39, 0.29) is 5.75 Å². The van der Waals surface area contributed by atoms with E-state index in [1.165, 1.54) is 24.5 Å². The smallest absolute Gasteiger partial charge is 0.404 e. The third kappa shape index (κ3) is 6.44. The molecule has 6 N–H and O–H groups in total. The summed E-state index contributed by atoms with van der Waals surface area (Å²) in [4.78, 5) is 29.1. The van der Waals surface area contributed by atoms with E-state index >= 15 is 0 Å². The van der Waals surface area contributed by atoms with E-state index in [4.69, 9.17) is 15.0 Å². The van der Waals surface area contributed by atoms with Crippen LogP contribution in [0.4, 0.5) is 0 Å². The second-order valence-electron chi connectivity index (χ2n) is 5.88. The molecule has 1 amide bonds. The molecular formula is C17H21N2O7P. The highest BCUT2D eigenvalue weighted by atomic mass is 31.2. The van der Waals surface area contributed by atoms with Gasteiger partial charge in [0.2, 0.25) is 0 Å². The lowest BCUT2D eigenvalue weighted by Gasteiger charge is -2.19. The lowest BCUT2D eigenvalue weighted by molar-refractivity contribution is -0.134. The Morgan fingerprint density at radius 3 is 2.04 bits per heavy atom. The molecule has 0 saturated heterocycles. The molecule has 0 radical (unpaired) electrons. The molecule has 0 heterocycles. The van der Waals surface area contributed by atoms with Crippen LogP contribution >= 0.6 is 7.82 Å². The van der Waals surface area contributed by atoms with Crippen molar-refractivity contribution < 1.29 is 34.0 Å². The summed E-state index contributed by atoms with van der Waals surface area (Å²) in [6, 6.07) is 12.7. The summed E-state index contributed by atoms with van der Waals surface area (Å²) in [6.07, 6.45) is -0.981. The van der Waals surface area contributed by atoms with Crippen LogP contribution in [0, 0.1) is 0 Å². The van der Waals surface area contributed by atoms with Gasteiger partial charge in [-0.15, -0.1) is 0 Å². The standard InChI is InChI=1S/C17H21N2O7P/c1-11(20)16(17(21)19-22)18-10-12-2-4-13(5-3-12)14-6-8-15(9-7-14)26-27(23,24)25/h2-9,11,16,18,20,22H,10H2,1H3,(H,19,21)(H2,23,24,25)/t11-,16+/m1/s1. The topological polar surface area (TPSA) is 148 Å². The van der Waals surface area contributed by atoms with Crippen molar-refractivity contribution in [2.75, 3.05) is 0 Å². The van der Waals surface area contributed by atoms with Crippen LogP contribution in [0.1, 0.15) is 12.5 Å². The number of hydroxylamine groups is 1. The van der Waals surface area contributed by atoms with Crippen molar-refractivity contribution in [2.24, 2.45) is 0 Å². The third-order valence-corrected chi connectivity index (χ3v) is 4.22. The number of phosphoric acid groups is 1. The molecule has 0 spiro atoms. The summed E-state index contributed by atoms with van der Waals surface area (Å²) in [6.45, 7) is 1.74. The molecule has 0 aromatic heterocycles. The Balaban J connectivity index is 2.02. The summed E-state index contributed by atoms with van der Waals surface area (Å²) in [5.41, 5.74) is 4.07.